The second kappa shape index (κ2) is 7.12. The van der Waals surface area contributed by atoms with E-state index in [2.05, 4.69) is 13.8 Å². The molecule has 0 N–H and O–H groups in total. The molecule has 0 aromatic heterocycles. The number of rotatable bonds is 5. The van der Waals surface area contributed by atoms with Gasteiger partial charge in [-0.3, -0.25) is 10.1 Å². The number of ether oxygens (including phenoxy) is 2. The Morgan fingerprint density at radius 1 is 1.17 bits per heavy atom. The molecule has 0 radical (unpaired) electrons. The predicted octanol–water partition coefficient (Wildman–Crippen LogP) is 4.25. The molecule has 126 valence electrons. The molecular formula is C18H19NO5. The van der Waals surface area contributed by atoms with Crippen LogP contribution >= 0.6 is 0 Å². The van der Waals surface area contributed by atoms with E-state index < -0.39 is 10.9 Å². The van der Waals surface area contributed by atoms with E-state index in [1.54, 1.807) is 12.1 Å². The lowest BCUT2D eigenvalue weighted by Crippen LogP contribution is -2.09. The molecule has 2 rings (SSSR count). The molecule has 0 aliphatic heterocycles. The second-order valence-corrected chi connectivity index (χ2v) is 5.71. The van der Waals surface area contributed by atoms with Crippen molar-refractivity contribution >= 4 is 11.7 Å². The minimum atomic E-state index is -0.655. The van der Waals surface area contributed by atoms with Crippen LogP contribution in [0.15, 0.2) is 36.4 Å². The summed E-state index contributed by atoms with van der Waals surface area (Å²) in [5, 5.41) is 11.0. The highest BCUT2D eigenvalue weighted by Crippen LogP contribution is 2.28. The minimum Gasteiger partial charge on any atom is -0.490 e. The number of esters is 1. The van der Waals surface area contributed by atoms with Crippen molar-refractivity contribution in [2.45, 2.75) is 26.7 Å². The number of hydrogen-bond acceptors (Lipinski definition) is 5. The summed E-state index contributed by atoms with van der Waals surface area (Å²) in [5.74, 6) is 0.213. The lowest BCUT2D eigenvalue weighted by atomic mass is 9.98. The zero-order chi connectivity index (χ0) is 17.9. The standard InChI is InChI=1S/C18H19NO5/c1-11(2)15-7-6-14(9-12(15)3)24-18(20)13-5-8-17(23-4)16(10-13)19(21)22/h5-11H,1-4H3. The Labute approximate surface area is 140 Å². The van der Waals surface area contributed by atoms with Crippen molar-refractivity contribution < 1.29 is 19.2 Å². The Balaban J connectivity index is 2.25. The van der Waals surface area contributed by atoms with Crippen LogP contribution in [0, 0.1) is 17.0 Å². The van der Waals surface area contributed by atoms with Crippen LogP contribution in [0.4, 0.5) is 5.69 Å². The van der Waals surface area contributed by atoms with Crippen molar-refractivity contribution in [2.75, 3.05) is 7.11 Å². The van der Waals surface area contributed by atoms with Crippen LogP contribution in [0.3, 0.4) is 0 Å². The number of nitro benzene ring substituents is 1. The second-order valence-electron chi connectivity index (χ2n) is 5.71. The highest BCUT2D eigenvalue weighted by atomic mass is 16.6. The normalized spacial score (nSPS) is 10.5. The molecule has 0 saturated heterocycles. The SMILES string of the molecule is COc1ccc(C(=O)Oc2ccc(C(C)C)c(C)c2)cc1[N+](=O)[O-]. The van der Waals surface area contributed by atoms with E-state index in [0.717, 1.165) is 11.6 Å². The summed E-state index contributed by atoms with van der Waals surface area (Å²) in [5.41, 5.74) is 2.01. The number of benzene rings is 2. The summed E-state index contributed by atoms with van der Waals surface area (Å²) in [7, 11) is 1.33. The quantitative estimate of drug-likeness (QED) is 0.354. The summed E-state index contributed by atoms with van der Waals surface area (Å²) in [6, 6.07) is 9.38. The smallest absolute Gasteiger partial charge is 0.343 e. The first-order valence-corrected chi connectivity index (χ1v) is 7.48. The third-order valence-corrected chi connectivity index (χ3v) is 3.69. The summed E-state index contributed by atoms with van der Waals surface area (Å²) < 4.78 is 10.2. The van der Waals surface area contributed by atoms with Crippen LogP contribution in [0.2, 0.25) is 0 Å². The molecular weight excluding hydrogens is 310 g/mol. The lowest BCUT2D eigenvalue weighted by molar-refractivity contribution is -0.385. The molecule has 0 saturated carbocycles. The maximum Gasteiger partial charge on any atom is 0.343 e. The summed E-state index contributed by atoms with van der Waals surface area (Å²) in [4.78, 5) is 22.7. The molecule has 6 heteroatoms. The Kier molecular flexibility index (Phi) is 5.18. The van der Waals surface area contributed by atoms with Gasteiger partial charge in [0.1, 0.15) is 5.75 Å². The Bertz CT molecular complexity index is 783. The maximum atomic E-state index is 12.2. The van der Waals surface area contributed by atoms with Gasteiger partial charge in [0, 0.05) is 6.07 Å². The van der Waals surface area contributed by atoms with Gasteiger partial charge in [-0.05, 0) is 48.2 Å². The van der Waals surface area contributed by atoms with E-state index >= 15 is 0 Å². The van der Waals surface area contributed by atoms with Gasteiger partial charge in [0.2, 0.25) is 0 Å². The van der Waals surface area contributed by atoms with E-state index in [1.807, 2.05) is 13.0 Å². The van der Waals surface area contributed by atoms with Gasteiger partial charge in [-0.15, -0.1) is 0 Å². The third-order valence-electron chi connectivity index (χ3n) is 3.69. The van der Waals surface area contributed by atoms with Crippen LogP contribution in [0.1, 0.15) is 41.3 Å². The van der Waals surface area contributed by atoms with Gasteiger partial charge < -0.3 is 9.47 Å². The number of nitro groups is 1. The molecule has 2 aromatic carbocycles. The molecule has 0 bridgehead atoms. The Morgan fingerprint density at radius 3 is 2.42 bits per heavy atom. The fourth-order valence-electron chi connectivity index (χ4n) is 2.49. The lowest BCUT2D eigenvalue weighted by Gasteiger charge is -2.11. The van der Waals surface area contributed by atoms with Crippen LogP contribution in [0.25, 0.3) is 0 Å². The monoisotopic (exact) mass is 329 g/mol. The molecule has 0 spiro atoms. The molecule has 0 aliphatic rings. The molecule has 0 amide bonds. The summed E-state index contributed by atoms with van der Waals surface area (Å²) in [6.45, 7) is 6.12. The van der Waals surface area contributed by atoms with Crippen molar-refractivity contribution in [3.8, 4) is 11.5 Å². The zero-order valence-electron chi connectivity index (χ0n) is 14.0. The number of nitrogens with zero attached hydrogens (tertiary/aromatic N) is 1. The van der Waals surface area contributed by atoms with Gasteiger partial charge >= 0.3 is 11.7 Å². The predicted molar refractivity (Wildman–Crippen MR) is 89.9 cm³/mol. The van der Waals surface area contributed by atoms with Gasteiger partial charge in [-0.2, -0.15) is 0 Å². The van der Waals surface area contributed by atoms with Crippen molar-refractivity contribution in [1.82, 2.24) is 0 Å². The highest BCUT2D eigenvalue weighted by molar-refractivity contribution is 5.92. The van der Waals surface area contributed by atoms with E-state index in [-0.39, 0.29) is 17.0 Å². The van der Waals surface area contributed by atoms with Crippen molar-refractivity contribution in [1.29, 1.82) is 0 Å². The molecule has 0 heterocycles. The zero-order valence-corrected chi connectivity index (χ0v) is 14.0. The van der Waals surface area contributed by atoms with Gasteiger partial charge in [-0.25, -0.2) is 4.79 Å². The summed E-state index contributed by atoms with van der Waals surface area (Å²) >= 11 is 0. The highest BCUT2D eigenvalue weighted by Gasteiger charge is 2.19. The van der Waals surface area contributed by atoms with E-state index in [0.29, 0.717) is 11.7 Å². The van der Waals surface area contributed by atoms with E-state index in [1.165, 1.54) is 24.8 Å². The first-order valence-electron chi connectivity index (χ1n) is 7.48. The minimum absolute atomic E-state index is 0.0908. The van der Waals surface area contributed by atoms with Crippen LogP contribution in [-0.4, -0.2) is 18.0 Å². The van der Waals surface area contributed by atoms with Gasteiger partial charge in [-0.1, -0.05) is 19.9 Å². The Morgan fingerprint density at radius 2 is 1.88 bits per heavy atom. The molecule has 0 aliphatic carbocycles. The van der Waals surface area contributed by atoms with Gasteiger partial charge in [0.25, 0.3) is 0 Å². The molecule has 0 unspecified atom stereocenters. The summed E-state index contributed by atoms with van der Waals surface area (Å²) in [6.07, 6.45) is 0. The van der Waals surface area contributed by atoms with E-state index in [4.69, 9.17) is 9.47 Å². The molecule has 2 aromatic rings. The fourth-order valence-corrected chi connectivity index (χ4v) is 2.49. The van der Waals surface area contributed by atoms with E-state index in [9.17, 15) is 14.9 Å². The van der Waals surface area contributed by atoms with Crippen LogP contribution in [0.5, 0.6) is 11.5 Å². The van der Waals surface area contributed by atoms with Crippen molar-refractivity contribution in [3.05, 3.63) is 63.2 Å². The third kappa shape index (κ3) is 3.71. The average Bonchev–Trinajstić information content (AvgIpc) is 2.53. The number of aryl methyl sites for hydroxylation is 1. The van der Waals surface area contributed by atoms with Gasteiger partial charge in [0.05, 0.1) is 17.6 Å². The first kappa shape index (κ1) is 17.5. The fraction of sp³-hybridized carbons (Fsp3) is 0.278. The topological polar surface area (TPSA) is 78.7 Å². The Hall–Kier alpha value is -2.89. The molecule has 24 heavy (non-hydrogen) atoms. The molecule has 0 atom stereocenters. The van der Waals surface area contributed by atoms with Gasteiger partial charge in [0.15, 0.2) is 5.75 Å². The number of carbonyl (C=O) groups excluding carboxylic acids is 1. The average molecular weight is 329 g/mol. The number of carbonyl (C=O) groups is 1. The maximum absolute atomic E-state index is 12.2. The molecule has 0 fully saturated rings. The van der Waals surface area contributed by atoms with Crippen LogP contribution in [-0.2, 0) is 0 Å². The molecule has 6 nitrogen and oxygen atoms in total. The number of methoxy groups -OCH3 is 1. The first-order chi connectivity index (χ1) is 11.3. The van der Waals surface area contributed by atoms with Crippen molar-refractivity contribution in [2.24, 2.45) is 0 Å². The van der Waals surface area contributed by atoms with Crippen molar-refractivity contribution in [3.63, 3.8) is 0 Å². The number of hydrogen-bond donors (Lipinski definition) is 0. The van der Waals surface area contributed by atoms with Crippen LogP contribution < -0.4 is 9.47 Å². The largest absolute Gasteiger partial charge is 0.490 e.